The van der Waals surface area contributed by atoms with Crippen LogP contribution in [0.1, 0.15) is 12.0 Å². The number of rotatable bonds is 8. The van der Waals surface area contributed by atoms with Crippen molar-refractivity contribution in [1.29, 1.82) is 0 Å². The summed E-state index contributed by atoms with van der Waals surface area (Å²) in [6.45, 7) is 0.357. The van der Waals surface area contributed by atoms with Gasteiger partial charge < -0.3 is 15.8 Å². The highest BCUT2D eigenvalue weighted by Gasteiger charge is 2.12. The fourth-order valence-corrected chi connectivity index (χ4v) is 2.39. The zero-order valence-corrected chi connectivity index (χ0v) is 15.4. The first-order chi connectivity index (χ1) is 11.6. The first-order valence-electron chi connectivity index (χ1n) is 7.49. The summed E-state index contributed by atoms with van der Waals surface area (Å²) in [6.07, 6.45) is 4.24. The van der Waals surface area contributed by atoms with Gasteiger partial charge in [-0.25, -0.2) is 9.37 Å². The van der Waals surface area contributed by atoms with Gasteiger partial charge in [0.15, 0.2) is 0 Å². The summed E-state index contributed by atoms with van der Waals surface area (Å²) in [7, 11) is 0. The molecule has 0 aliphatic rings. The number of hydrogen-bond donors (Lipinski definition) is 2. The highest BCUT2D eigenvalue weighted by Crippen LogP contribution is 2.19. The second-order valence-corrected chi connectivity index (χ2v) is 6.15. The molecule has 0 unspecified atom stereocenters. The van der Waals surface area contributed by atoms with Gasteiger partial charge in [0.2, 0.25) is 11.8 Å². The van der Waals surface area contributed by atoms with E-state index in [0.717, 1.165) is 11.3 Å². The van der Waals surface area contributed by atoms with Crippen molar-refractivity contribution in [3.8, 4) is 11.6 Å². The van der Waals surface area contributed by atoms with Crippen molar-refractivity contribution in [3.63, 3.8) is 0 Å². The van der Waals surface area contributed by atoms with Crippen molar-refractivity contribution >= 4 is 30.1 Å². The van der Waals surface area contributed by atoms with Gasteiger partial charge >= 0.3 is 0 Å². The van der Waals surface area contributed by atoms with Crippen LogP contribution >= 0.6 is 24.2 Å². The van der Waals surface area contributed by atoms with Crippen LogP contribution in [0.25, 0.3) is 0 Å². The van der Waals surface area contributed by atoms with Crippen LogP contribution in [0.4, 0.5) is 4.39 Å². The predicted octanol–water partition coefficient (Wildman–Crippen LogP) is 3.13. The van der Waals surface area contributed by atoms with E-state index in [4.69, 9.17) is 10.5 Å². The Morgan fingerprint density at radius 2 is 2.04 bits per heavy atom. The standard InChI is InChI=1S/C17H20FN3O2S.ClH/c1-24-9-8-15(19)17(22)21-11-12-2-7-16(20-10-12)23-14-5-3-13(18)4-6-14;/h2-7,10,15H,8-9,11,19H2,1H3,(H,21,22);1H/t15-;/m0./s1. The van der Waals surface area contributed by atoms with Crippen molar-refractivity contribution in [3.05, 3.63) is 54.0 Å². The van der Waals surface area contributed by atoms with Gasteiger partial charge in [0.1, 0.15) is 11.6 Å². The van der Waals surface area contributed by atoms with E-state index in [1.165, 1.54) is 24.3 Å². The van der Waals surface area contributed by atoms with Gasteiger partial charge in [0.05, 0.1) is 6.04 Å². The number of thioether (sulfide) groups is 1. The van der Waals surface area contributed by atoms with Crippen LogP contribution in [0.3, 0.4) is 0 Å². The van der Waals surface area contributed by atoms with Crippen molar-refractivity contribution in [2.45, 2.75) is 19.0 Å². The maximum atomic E-state index is 12.8. The average molecular weight is 386 g/mol. The Bertz CT molecular complexity index is 656. The van der Waals surface area contributed by atoms with Crippen molar-refractivity contribution in [2.24, 2.45) is 5.73 Å². The Morgan fingerprint density at radius 3 is 2.64 bits per heavy atom. The van der Waals surface area contributed by atoms with E-state index < -0.39 is 6.04 Å². The van der Waals surface area contributed by atoms with E-state index in [-0.39, 0.29) is 24.1 Å². The third-order valence-corrected chi connectivity index (χ3v) is 3.91. The number of carbonyl (C=O) groups is 1. The molecular formula is C17H21ClFN3O2S. The molecule has 136 valence electrons. The molecule has 0 aliphatic carbocycles. The van der Waals surface area contributed by atoms with E-state index in [1.807, 2.05) is 6.26 Å². The zero-order valence-electron chi connectivity index (χ0n) is 13.8. The zero-order chi connectivity index (χ0) is 17.4. The Morgan fingerprint density at radius 1 is 1.32 bits per heavy atom. The van der Waals surface area contributed by atoms with Crippen LogP contribution in [-0.2, 0) is 11.3 Å². The Kier molecular flexibility index (Phi) is 9.26. The van der Waals surface area contributed by atoms with Crippen molar-refractivity contribution < 1.29 is 13.9 Å². The smallest absolute Gasteiger partial charge is 0.237 e. The van der Waals surface area contributed by atoms with Gasteiger partial charge in [-0.1, -0.05) is 6.07 Å². The number of nitrogens with two attached hydrogens (primary N) is 1. The maximum absolute atomic E-state index is 12.8. The van der Waals surface area contributed by atoms with Crippen LogP contribution < -0.4 is 15.8 Å². The quantitative estimate of drug-likeness (QED) is 0.730. The Labute approximate surface area is 157 Å². The molecule has 8 heteroatoms. The highest BCUT2D eigenvalue weighted by molar-refractivity contribution is 7.98. The molecule has 1 aromatic carbocycles. The summed E-state index contributed by atoms with van der Waals surface area (Å²) in [4.78, 5) is 16.0. The SMILES string of the molecule is CSCC[C@H](N)C(=O)NCc1ccc(Oc2ccc(F)cc2)nc1.Cl. The third kappa shape index (κ3) is 7.29. The van der Waals surface area contributed by atoms with E-state index >= 15 is 0 Å². The number of ether oxygens (including phenoxy) is 1. The highest BCUT2D eigenvalue weighted by atomic mass is 35.5. The number of amides is 1. The number of benzene rings is 1. The molecule has 0 saturated carbocycles. The minimum atomic E-state index is -0.494. The summed E-state index contributed by atoms with van der Waals surface area (Å²) >= 11 is 1.66. The fraction of sp³-hybridized carbons (Fsp3) is 0.294. The molecule has 2 aromatic rings. The molecule has 1 amide bonds. The van der Waals surface area contributed by atoms with Gasteiger partial charge in [-0.15, -0.1) is 12.4 Å². The molecule has 0 aliphatic heterocycles. The number of halogens is 2. The molecule has 0 radical (unpaired) electrons. The van der Waals surface area contributed by atoms with E-state index in [0.29, 0.717) is 24.6 Å². The van der Waals surface area contributed by atoms with Crippen LogP contribution in [0.2, 0.25) is 0 Å². The van der Waals surface area contributed by atoms with Crippen LogP contribution in [-0.4, -0.2) is 28.9 Å². The molecule has 1 aromatic heterocycles. The van der Waals surface area contributed by atoms with Gasteiger partial charge in [0.25, 0.3) is 0 Å². The van der Waals surface area contributed by atoms with E-state index in [2.05, 4.69) is 10.3 Å². The molecule has 0 spiro atoms. The number of carbonyl (C=O) groups excluding carboxylic acids is 1. The lowest BCUT2D eigenvalue weighted by atomic mass is 10.2. The van der Waals surface area contributed by atoms with Crippen LogP contribution in [0, 0.1) is 5.82 Å². The normalized spacial score (nSPS) is 11.3. The molecule has 5 nitrogen and oxygen atoms in total. The van der Waals surface area contributed by atoms with Gasteiger partial charge in [-0.05, 0) is 48.3 Å². The molecule has 1 atom stereocenters. The number of pyridine rings is 1. The second-order valence-electron chi connectivity index (χ2n) is 5.17. The summed E-state index contributed by atoms with van der Waals surface area (Å²) < 4.78 is 18.3. The summed E-state index contributed by atoms with van der Waals surface area (Å²) in [5, 5.41) is 2.79. The number of hydrogen-bond acceptors (Lipinski definition) is 5. The lowest BCUT2D eigenvalue weighted by Gasteiger charge is -2.11. The topological polar surface area (TPSA) is 77.2 Å². The molecule has 0 saturated heterocycles. The fourth-order valence-electron chi connectivity index (χ4n) is 1.90. The van der Waals surface area contributed by atoms with Crippen molar-refractivity contribution in [2.75, 3.05) is 12.0 Å². The average Bonchev–Trinajstić information content (AvgIpc) is 2.60. The lowest BCUT2D eigenvalue weighted by Crippen LogP contribution is -2.40. The second kappa shape index (κ2) is 10.9. The number of nitrogens with one attached hydrogen (secondary N) is 1. The third-order valence-electron chi connectivity index (χ3n) is 3.27. The van der Waals surface area contributed by atoms with Gasteiger partial charge in [0, 0.05) is 18.8 Å². The minimum absolute atomic E-state index is 0. The van der Waals surface area contributed by atoms with Crippen molar-refractivity contribution in [1.82, 2.24) is 10.3 Å². The lowest BCUT2D eigenvalue weighted by molar-refractivity contribution is -0.122. The Balaban J connectivity index is 0.00000312. The summed E-state index contributed by atoms with van der Waals surface area (Å²) in [5.41, 5.74) is 6.64. The summed E-state index contributed by atoms with van der Waals surface area (Å²) in [5.74, 6) is 1.26. The monoisotopic (exact) mass is 385 g/mol. The molecule has 3 N–H and O–H groups in total. The molecule has 2 rings (SSSR count). The number of nitrogens with zero attached hydrogens (tertiary/aromatic N) is 1. The minimum Gasteiger partial charge on any atom is -0.439 e. The van der Waals surface area contributed by atoms with Gasteiger partial charge in [-0.2, -0.15) is 11.8 Å². The predicted molar refractivity (Wildman–Crippen MR) is 101 cm³/mol. The molecule has 0 bridgehead atoms. The first kappa shape index (κ1) is 21.2. The largest absolute Gasteiger partial charge is 0.439 e. The molecular weight excluding hydrogens is 365 g/mol. The van der Waals surface area contributed by atoms with Crippen LogP contribution in [0.15, 0.2) is 42.6 Å². The van der Waals surface area contributed by atoms with E-state index in [9.17, 15) is 9.18 Å². The maximum Gasteiger partial charge on any atom is 0.237 e. The number of aromatic nitrogens is 1. The van der Waals surface area contributed by atoms with E-state index in [1.54, 1.807) is 30.1 Å². The molecule has 25 heavy (non-hydrogen) atoms. The molecule has 1 heterocycles. The van der Waals surface area contributed by atoms with Gasteiger partial charge in [-0.3, -0.25) is 4.79 Å². The Hall–Kier alpha value is -1.83. The first-order valence-corrected chi connectivity index (χ1v) is 8.88. The van der Waals surface area contributed by atoms with Crippen LogP contribution in [0.5, 0.6) is 11.6 Å². The summed E-state index contributed by atoms with van der Waals surface area (Å²) in [6, 6.07) is 8.70. The molecule has 0 fully saturated rings.